The van der Waals surface area contributed by atoms with Gasteiger partial charge in [0.25, 0.3) is 5.91 Å². The van der Waals surface area contributed by atoms with Crippen LogP contribution in [0.2, 0.25) is 0 Å². The molecule has 0 radical (unpaired) electrons. The average Bonchev–Trinajstić information content (AvgIpc) is 3.46. The number of likely N-dealkylation sites (tertiary alicyclic amines) is 2. The van der Waals surface area contributed by atoms with E-state index in [4.69, 9.17) is 0 Å². The fourth-order valence-electron chi connectivity index (χ4n) is 4.65. The maximum atomic E-state index is 13.2. The largest absolute Gasteiger partial charge is 0.341 e. The maximum Gasteiger partial charge on any atom is 0.254 e. The van der Waals surface area contributed by atoms with Gasteiger partial charge in [-0.05, 0) is 49.9 Å². The molecule has 7 nitrogen and oxygen atoms in total. The Hall–Kier alpha value is -3.22. The Bertz CT molecular complexity index is 1020. The van der Waals surface area contributed by atoms with Gasteiger partial charge in [0.05, 0.1) is 5.52 Å². The minimum absolute atomic E-state index is 0.0453. The first-order valence-electron chi connectivity index (χ1n) is 10.7. The number of rotatable bonds is 3. The summed E-state index contributed by atoms with van der Waals surface area (Å²) in [5, 5.41) is 0. The molecule has 30 heavy (non-hydrogen) atoms. The molecule has 4 heterocycles. The number of fused-ring (bicyclic) bond motifs is 1. The molecule has 5 rings (SSSR count). The molecule has 7 heteroatoms. The number of benzene rings is 1. The number of piperidine rings is 1. The molecule has 2 aliphatic heterocycles. The smallest absolute Gasteiger partial charge is 0.254 e. The highest BCUT2D eigenvalue weighted by molar-refractivity contribution is 5.98. The van der Waals surface area contributed by atoms with Gasteiger partial charge >= 0.3 is 0 Å². The summed E-state index contributed by atoms with van der Waals surface area (Å²) in [5.41, 5.74) is 2.34. The normalized spacial score (nSPS) is 20.1. The van der Waals surface area contributed by atoms with Crippen molar-refractivity contribution in [2.75, 3.05) is 19.6 Å². The predicted octanol–water partition coefficient (Wildman–Crippen LogP) is 2.97. The zero-order valence-electron chi connectivity index (χ0n) is 16.8. The zero-order valence-corrected chi connectivity index (χ0v) is 16.8. The first-order valence-corrected chi connectivity index (χ1v) is 10.7. The highest BCUT2D eigenvalue weighted by Crippen LogP contribution is 2.29. The Balaban J connectivity index is 1.24. The molecule has 1 unspecified atom stereocenters. The fourth-order valence-corrected chi connectivity index (χ4v) is 4.65. The van der Waals surface area contributed by atoms with Crippen LogP contribution in [0.3, 0.4) is 0 Å². The molecule has 2 amide bonds. The second-order valence-corrected chi connectivity index (χ2v) is 8.12. The topological polar surface area (TPSA) is 82.2 Å². The van der Waals surface area contributed by atoms with E-state index in [1.54, 1.807) is 11.1 Å². The van der Waals surface area contributed by atoms with Crippen molar-refractivity contribution in [3.63, 3.8) is 0 Å². The second-order valence-electron chi connectivity index (χ2n) is 8.12. The first-order chi connectivity index (χ1) is 14.7. The van der Waals surface area contributed by atoms with Crippen LogP contribution in [-0.2, 0) is 4.79 Å². The Labute approximate surface area is 175 Å². The molecule has 0 saturated carbocycles. The highest BCUT2D eigenvalue weighted by Gasteiger charge is 2.38. The predicted molar refractivity (Wildman–Crippen MR) is 113 cm³/mol. The lowest BCUT2D eigenvalue weighted by atomic mass is 9.95. The summed E-state index contributed by atoms with van der Waals surface area (Å²) in [7, 11) is 0. The van der Waals surface area contributed by atoms with Gasteiger partial charge in [-0.15, -0.1) is 0 Å². The molecule has 1 N–H and O–H groups in total. The molecule has 0 aliphatic carbocycles. The number of nitrogens with one attached hydrogen (secondary N) is 1. The van der Waals surface area contributed by atoms with Crippen LogP contribution in [0.1, 0.15) is 47.8 Å². The number of hydrogen-bond donors (Lipinski definition) is 1. The van der Waals surface area contributed by atoms with E-state index in [0.717, 1.165) is 42.7 Å². The third-order valence-corrected chi connectivity index (χ3v) is 6.29. The molecule has 154 valence electrons. The number of pyridine rings is 1. The van der Waals surface area contributed by atoms with Crippen LogP contribution in [0.5, 0.6) is 0 Å². The molecule has 2 fully saturated rings. The van der Waals surface area contributed by atoms with Gasteiger partial charge in [-0.25, -0.2) is 9.97 Å². The molecule has 2 aromatic heterocycles. The number of H-pyrrole nitrogens is 1. The van der Waals surface area contributed by atoms with E-state index < -0.39 is 0 Å². The zero-order chi connectivity index (χ0) is 20.5. The van der Waals surface area contributed by atoms with Crippen molar-refractivity contribution < 1.29 is 9.59 Å². The van der Waals surface area contributed by atoms with Gasteiger partial charge in [0.15, 0.2) is 5.65 Å². The van der Waals surface area contributed by atoms with Gasteiger partial charge < -0.3 is 14.8 Å². The van der Waals surface area contributed by atoms with Crippen molar-refractivity contribution >= 4 is 23.0 Å². The van der Waals surface area contributed by atoms with E-state index >= 15 is 0 Å². The van der Waals surface area contributed by atoms with Gasteiger partial charge in [0, 0.05) is 37.3 Å². The minimum atomic E-state index is -0.343. The maximum absolute atomic E-state index is 13.2. The number of imidazole rings is 1. The van der Waals surface area contributed by atoms with Crippen molar-refractivity contribution in [1.29, 1.82) is 0 Å². The van der Waals surface area contributed by atoms with E-state index in [0.29, 0.717) is 31.1 Å². The van der Waals surface area contributed by atoms with Gasteiger partial charge in [0.2, 0.25) is 5.91 Å². The highest BCUT2D eigenvalue weighted by atomic mass is 16.2. The molecule has 0 bridgehead atoms. The van der Waals surface area contributed by atoms with Crippen molar-refractivity contribution in [2.24, 2.45) is 0 Å². The number of nitrogens with zero attached hydrogens (tertiary/aromatic N) is 4. The summed E-state index contributed by atoms with van der Waals surface area (Å²) in [5.74, 6) is 1.30. The molecule has 1 aromatic carbocycles. The summed E-state index contributed by atoms with van der Waals surface area (Å²) in [6.45, 7) is 2.03. The van der Waals surface area contributed by atoms with Gasteiger partial charge in [-0.1, -0.05) is 18.2 Å². The van der Waals surface area contributed by atoms with Gasteiger partial charge in [0.1, 0.15) is 11.9 Å². The molecule has 2 saturated heterocycles. The fraction of sp³-hybridized carbons (Fsp3) is 0.391. The van der Waals surface area contributed by atoms with Crippen LogP contribution in [0.4, 0.5) is 0 Å². The van der Waals surface area contributed by atoms with Crippen LogP contribution in [0.15, 0.2) is 48.7 Å². The molecular formula is C23H25N5O2. The summed E-state index contributed by atoms with van der Waals surface area (Å²) < 4.78 is 0. The Morgan fingerprint density at radius 3 is 2.53 bits per heavy atom. The van der Waals surface area contributed by atoms with Crippen LogP contribution in [0, 0.1) is 0 Å². The van der Waals surface area contributed by atoms with Gasteiger partial charge in [-0.3, -0.25) is 9.59 Å². The van der Waals surface area contributed by atoms with Crippen molar-refractivity contribution in [3.05, 3.63) is 60.0 Å². The molecule has 2 aliphatic rings. The van der Waals surface area contributed by atoms with Crippen LogP contribution < -0.4 is 0 Å². The number of aromatic nitrogens is 3. The molecule has 3 aromatic rings. The van der Waals surface area contributed by atoms with Crippen molar-refractivity contribution in [3.8, 4) is 0 Å². The third-order valence-electron chi connectivity index (χ3n) is 6.29. The Morgan fingerprint density at radius 2 is 1.77 bits per heavy atom. The standard InChI is InChI=1S/C23H25N5O2/c29-22(17-6-2-1-3-7-17)28-13-5-9-19(28)23(30)27-14-10-16(11-15-27)20-25-18-8-4-12-24-21(18)26-20/h1-4,6-8,12,16,19H,5,9-11,13-15H2,(H,24,25,26). The van der Waals surface area contributed by atoms with E-state index in [-0.39, 0.29) is 17.9 Å². The average molecular weight is 403 g/mol. The lowest BCUT2D eigenvalue weighted by Gasteiger charge is -2.35. The summed E-state index contributed by atoms with van der Waals surface area (Å²) in [6.07, 6.45) is 5.10. The molecule has 1 atom stereocenters. The SMILES string of the molecule is O=C(C1CCCN1C(=O)c1ccccc1)N1CCC(c2nc3ncccc3[nH]2)CC1. The van der Waals surface area contributed by atoms with E-state index in [2.05, 4.69) is 15.0 Å². The minimum Gasteiger partial charge on any atom is -0.341 e. The van der Waals surface area contributed by atoms with Gasteiger partial charge in [-0.2, -0.15) is 0 Å². The quantitative estimate of drug-likeness (QED) is 0.729. The number of carbonyl (C=O) groups is 2. The lowest BCUT2D eigenvalue weighted by Crippen LogP contribution is -2.49. The van der Waals surface area contributed by atoms with Crippen LogP contribution in [0.25, 0.3) is 11.2 Å². The summed E-state index contributed by atoms with van der Waals surface area (Å²) in [4.78, 5) is 42.1. The van der Waals surface area contributed by atoms with E-state index in [9.17, 15) is 9.59 Å². The number of aromatic amines is 1. The lowest BCUT2D eigenvalue weighted by molar-refractivity contribution is -0.136. The number of amides is 2. The Morgan fingerprint density at radius 1 is 0.967 bits per heavy atom. The van der Waals surface area contributed by atoms with Crippen molar-refractivity contribution in [1.82, 2.24) is 24.8 Å². The van der Waals surface area contributed by atoms with Crippen LogP contribution in [-0.4, -0.2) is 62.2 Å². The summed E-state index contributed by atoms with van der Waals surface area (Å²) in [6, 6.07) is 12.8. The van der Waals surface area contributed by atoms with E-state index in [1.807, 2.05) is 47.4 Å². The number of carbonyl (C=O) groups excluding carboxylic acids is 2. The molecular weight excluding hydrogens is 378 g/mol. The molecule has 0 spiro atoms. The first kappa shape index (κ1) is 18.8. The monoisotopic (exact) mass is 403 g/mol. The van der Waals surface area contributed by atoms with Crippen LogP contribution >= 0.6 is 0 Å². The second kappa shape index (κ2) is 7.89. The van der Waals surface area contributed by atoms with E-state index in [1.165, 1.54) is 0 Å². The third kappa shape index (κ3) is 3.44. The van der Waals surface area contributed by atoms with Crippen molar-refractivity contribution in [2.45, 2.75) is 37.6 Å². The number of hydrogen-bond acceptors (Lipinski definition) is 4. The Kier molecular flexibility index (Phi) is 4.94. The summed E-state index contributed by atoms with van der Waals surface area (Å²) >= 11 is 0.